The smallest absolute Gasteiger partial charge is 0.852 e. The molecule has 1 nitrogen and oxygen atoms in total. The molecule has 0 aromatic carbocycles. The van der Waals surface area contributed by atoms with Gasteiger partial charge in [-0.2, -0.15) is 0 Å². The van der Waals surface area contributed by atoms with Crippen LogP contribution in [0.5, 0.6) is 0 Å². The summed E-state index contributed by atoms with van der Waals surface area (Å²) in [4.78, 5) is 0. The van der Waals surface area contributed by atoms with E-state index < -0.39 is 0 Å². The molecule has 0 aromatic heterocycles. The Morgan fingerprint density at radius 3 is 1.60 bits per heavy atom. The molecule has 1 fully saturated rings. The predicted molar refractivity (Wildman–Crippen MR) is 38.2 cm³/mol. The van der Waals surface area contributed by atoms with Crippen molar-refractivity contribution in [2.45, 2.75) is 52.1 Å². The van der Waals surface area contributed by atoms with E-state index in [0.29, 0.717) is 0 Å². The SMILES string of the molecule is CC.[K+].[O-]C1CCCCC1. The molecule has 0 aliphatic heterocycles. The molecule has 0 N–H and O–H groups in total. The Hall–Kier alpha value is 1.60. The predicted octanol–water partition coefficient (Wildman–Crippen LogP) is -1.29. The maximum absolute atomic E-state index is 10.5. The van der Waals surface area contributed by atoms with Gasteiger partial charge in [0.05, 0.1) is 0 Å². The molecule has 1 saturated carbocycles. The summed E-state index contributed by atoms with van der Waals surface area (Å²) in [5.41, 5.74) is 0. The Kier molecular flexibility index (Phi) is 15.0. The van der Waals surface area contributed by atoms with Gasteiger partial charge in [-0.25, -0.2) is 0 Å². The molecule has 0 unspecified atom stereocenters. The molecule has 0 bridgehead atoms. The van der Waals surface area contributed by atoms with Gasteiger partial charge in [0, 0.05) is 0 Å². The fourth-order valence-electron chi connectivity index (χ4n) is 1.07. The third-order valence-electron chi connectivity index (χ3n) is 1.55. The summed E-state index contributed by atoms with van der Waals surface area (Å²) in [6, 6.07) is 0. The topological polar surface area (TPSA) is 23.1 Å². The van der Waals surface area contributed by atoms with Gasteiger partial charge in [-0.1, -0.05) is 46.0 Å². The van der Waals surface area contributed by atoms with E-state index in [2.05, 4.69) is 0 Å². The van der Waals surface area contributed by atoms with Crippen molar-refractivity contribution in [3.05, 3.63) is 0 Å². The molecule has 0 amide bonds. The van der Waals surface area contributed by atoms with Gasteiger partial charge in [-0.3, -0.25) is 0 Å². The first-order valence-electron chi connectivity index (χ1n) is 4.05. The van der Waals surface area contributed by atoms with E-state index in [-0.39, 0.29) is 57.5 Å². The molecule has 56 valence electrons. The third-order valence-corrected chi connectivity index (χ3v) is 1.55. The summed E-state index contributed by atoms with van der Waals surface area (Å²) in [6.07, 6.45) is 5.29. The van der Waals surface area contributed by atoms with Crippen molar-refractivity contribution in [2.75, 3.05) is 0 Å². The first-order valence-corrected chi connectivity index (χ1v) is 4.05. The molecular formula is C8H17KO. The van der Waals surface area contributed by atoms with Gasteiger partial charge in [0.15, 0.2) is 0 Å². The molecule has 0 heterocycles. The van der Waals surface area contributed by atoms with Crippen LogP contribution in [0.3, 0.4) is 0 Å². The summed E-state index contributed by atoms with van der Waals surface area (Å²) in [7, 11) is 0. The molecular weight excluding hydrogens is 151 g/mol. The second kappa shape index (κ2) is 10.6. The van der Waals surface area contributed by atoms with Crippen molar-refractivity contribution in [3.63, 3.8) is 0 Å². The zero-order valence-electron chi connectivity index (χ0n) is 7.52. The third kappa shape index (κ3) is 7.70. The van der Waals surface area contributed by atoms with E-state index in [1.807, 2.05) is 13.8 Å². The molecule has 0 aromatic rings. The van der Waals surface area contributed by atoms with Crippen molar-refractivity contribution in [3.8, 4) is 0 Å². The van der Waals surface area contributed by atoms with Crippen molar-refractivity contribution in [1.29, 1.82) is 0 Å². The van der Waals surface area contributed by atoms with Crippen LogP contribution in [-0.2, 0) is 0 Å². The van der Waals surface area contributed by atoms with Gasteiger partial charge in [0.2, 0.25) is 0 Å². The van der Waals surface area contributed by atoms with Crippen LogP contribution >= 0.6 is 0 Å². The van der Waals surface area contributed by atoms with Crippen molar-refractivity contribution in [1.82, 2.24) is 0 Å². The fourth-order valence-corrected chi connectivity index (χ4v) is 1.07. The number of rotatable bonds is 0. The van der Waals surface area contributed by atoms with Gasteiger partial charge in [0.25, 0.3) is 0 Å². The number of hydrogen-bond acceptors (Lipinski definition) is 1. The standard InChI is InChI=1S/C6H11O.C2H6.K/c7-6-4-2-1-3-5-6;1-2;/h6H,1-5H2;1-2H3;/q-1;;+1. The summed E-state index contributed by atoms with van der Waals surface area (Å²) >= 11 is 0. The fraction of sp³-hybridized carbons (Fsp3) is 1.00. The second-order valence-electron chi connectivity index (χ2n) is 2.26. The average molecular weight is 168 g/mol. The van der Waals surface area contributed by atoms with E-state index in [9.17, 15) is 5.11 Å². The molecule has 1 aliphatic carbocycles. The van der Waals surface area contributed by atoms with Crippen LogP contribution in [0.1, 0.15) is 46.0 Å². The van der Waals surface area contributed by atoms with Gasteiger partial charge in [0.1, 0.15) is 0 Å². The summed E-state index contributed by atoms with van der Waals surface area (Å²) in [5, 5.41) is 10.5. The first-order chi connectivity index (χ1) is 4.39. The summed E-state index contributed by atoms with van der Waals surface area (Å²) in [6.45, 7) is 4.00. The Bertz CT molecular complexity index is 51.2. The second-order valence-corrected chi connectivity index (χ2v) is 2.26. The largest absolute Gasteiger partial charge is 1.00 e. The molecule has 0 atom stereocenters. The molecule has 0 saturated heterocycles. The molecule has 0 radical (unpaired) electrons. The molecule has 2 heteroatoms. The Balaban J connectivity index is 0. The zero-order chi connectivity index (χ0) is 7.11. The van der Waals surface area contributed by atoms with E-state index in [1.54, 1.807) is 0 Å². The van der Waals surface area contributed by atoms with Crippen molar-refractivity contribution >= 4 is 0 Å². The number of hydrogen-bond donors (Lipinski definition) is 0. The Morgan fingerprint density at radius 2 is 1.40 bits per heavy atom. The van der Waals surface area contributed by atoms with Crippen LogP contribution in [0.15, 0.2) is 0 Å². The van der Waals surface area contributed by atoms with E-state index in [4.69, 9.17) is 0 Å². The average Bonchev–Trinajstić information content (AvgIpc) is 1.94. The minimum atomic E-state index is -0.214. The van der Waals surface area contributed by atoms with Crippen LogP contribution in [0.25, 0.3) is 0 Å². The van der Waals surface area contributed by atoms with Crippen LogP contribution in [-0.4, -0.2) is 6.10 Å². The van der Waals surface area contributed by atoms with Crippen molar-refractivity contribution in [2.24, 2.45) is 0 Å². The Morgan fingerprint density at radius 1 is 1.00 bits per heavy atom. The Labute approximate surface area is 107 Å². The maximum Gasteiger partial charge on any atom is 1.00 e. The van der Waals surface area contributed by atoms with Gasteiger partial charge >= 0.3 is 51.4 Å². The van der Waals surface area contributed by atoms with E-state index in [1.165, 1.54) is 19.3 Å². The molecule has 1 rings (SSSR count). The van der Waals surface area contributed by atoms with Crippen molar-refractivity contribution < 1.29 is 56.5 Å². The van der Waals surface area contributed by atoms with Gasteiger partial charge in [-0.05, 0) is 0 Å². The minimum Gasteiger partial charge on any atom is -0.852 e. The van der Waals surface area contributed by atoms with E-state index >= 15 is 0 Å². The van der Waals surface area contributed by atoms with Crippen LogP contribution in [0, 0.1) is 0 Å². The van der Waals surface area contributed by atoms with E-state index in [0.717, 1.165) is 12.8 Å². The normalized spacial score (nSPS) is 18.3. The molecule has 0 spiro atoms. The monoisotopic (exact) mass is 168 g/mol. The first kappa shape index (κ1) is 14.1. The quantitative estimate of drug-likeness (QED) is 0.413. The molecule has 1 aliphatic rings. The maximum atomic E-state index is 10.5. The molecule has 10 heavy (non-hydrogen) atoms. The summed E-state index contributed by atoms with van der Waals surface area (Å²) in [5.74, 6) is 0. The van der Waals surface area contributed by atoms with Gasteiger partial charge in [-0.15, -0.1) is 6.10 Å². The summed E-state index contributed by atoms with van der Waals surface area (Å²) < 4.78 is 0. The van der Waals surface area contributed by atoms with Crippen LogP contribution in [0.2, 0.25) is 0 Å². The zero-order valence-corrected chi connectivity index (χ0v) is 10.6. The minimum absolute atomic E-state index is 0. The van der Waals surface area contributed by atoms with Gasteiger partial charge < -0.3 is 5.11 Å². The van der Waals surface area contributed by atoms with Crippen LogP contribution < -0.4 is 56.5 Å². The van der Waals surface area contributed by atoms with Crippen LogP contribution in [0.4, 0.5) is 0 Å².